The third kappa shape index (κ3) is 2.79. The maximum atomic E-state index is 10.6. The first-order valence-corrected chi connectivity index (χ1v) is 3.98. The van der Waals surface area contributed by atoms with Crippen LogP contribution >= 0.6 is 0 Å². The lowest BCUT2D eigenvalue weighted by Crippen LogP contribution is -2.41. The van der Waals surface area contributed by atoms with Gasteiger partial charge in [-0.3, -0.25) is 4.79 Å². The second-order valence-corrected chi connectivity index (χ2v) is 3.19. The Hall–Kier alpha value is -0.610. The molecule has 1 heterocycles. The van der Waals surface area contributed by atoms with E-state index in [-0.39, 0.29) is 5.97 Å². The molecule has 12 heavy (non-hydrogen) atoms. The predicted molar refractivity (Wildman–Crippen MR) is 41.3 cm³/mol. The summed E-state index contributed by atoms with van der Waals surface area (Å²) in [4.78, 5) is 10.6. The van der Waals surface area contributed by atoms with E-state index in [2.05, 4.69) is 0 Å². The summed E-state index contributed by atoms with van der Waals surface area (Å²) < 4.78 is 15.5. The predicted octanol–water partition coefficient (Wildman–Crippen LogP) is 1.05. The SMILES string of the molecule is CC(=O)OC1CCOC(C)(C)O1. The molecule has 4 heteroatoms. The fourth-order valence-corrected chi connectivity index (χ4v) is 1.08. The molecule has 0 aliphatic carbocycles. The Balaban J connectivity index is 2.41. The van der Waals surface area contributed by atoms with Crippen LogP contribution in [0.25, 0.3) is 0 Å². The molecule has 70 valence electrons. The summed E-state index contributed by atoms with van der Waals surface area (Å²) in [7, 11) is 0. The van der Waals surface area contributed by atoms with E-state index in [4.69, 9.17) is 14.2 Å². The summed E-state index contributed by atoms with van der Waals surface area (Å²) in [6.07, 6.45) is 0.148. The molecular formula is C8H14O4. The minimum atomic E-state index is -0.641. The van der Waals surface area contributed by atoms with Crippen molar-refractivity contribution in [2.24, 2.45) is 0 Å². The minimum Gasteiger partial charge on any atom is -0.436 e. The van der Waals surface area contributed by atoms with Crippen molar-refractivity contribution >= 4 is 5.97 Å². The van der Waals surface area contributed by atoms with Crippen LogP contribution < -0.4 is 0 Å². The Labute approximate surface area is 71.8 Å². The summed E-state index contributed by atoms with van der Waals surface area (Å²) >= 11 is 0. The number of carbonyl (C=O) groups excluding carboxylic acids is 1. The third-order valence-corrected chi connectivity index (χ3v) is 1.52. The van der Waals surface area contributed by atoms with E-state index in [0.717, 1.165) is 0 Å². The molecule has 0 saturated carbocycles. The fourth-order valence-electron chi connectivity index (χ4n) is 1.08. The van der Waals surface area contributed by atoms with E-state index in [1.807, 2.05) is 0 Å². The third-order valence-electron chi connectivity index (χ3n) is 1.52. The van der Waals surface area contributed by atoms with Crippen molar-refractivity contribution in [1.29, 1.82) is 0 Å². The van der Waals surface area contributed by atoms with Crippen LogP contribution in [0.2, 0.25) is 0 Å². The molecular weight excluding hydrogens is 160 g/mol. The molecule has 0 N–H and O–H groups in total. The van der Waals surface area contributed by atoms with E-state index in [0.29, 0.717) is 13.0 Å². The van der Waals surface area contributed by atoms with Gasteiger partial charge in [0.15, 0.2) is 5.79 Å². The Morgan fingerprint density at radius 3 is 2.75 bits per heavy atom. The van der Waals surface area contributed by atoms with Crippen molar-refractivity contribution in [1.82, 2.24) is 0 Å². The van der Waals surface area contributed by atoms with Gasteiger partial charge >= 0.3 is 5.97 Å². The highest BCUT2D eigenvalue weighted by atomic mass is 16.8. The van der Waals surface area contributed by atoms with E-state index in [1.165, 1.54) is 6.92 Å². The Bertz CT molecular complexity index is 176. The summed E-state index contributed by atoms with van der Waals surface area (Å²) in [6.45, 7) is 5.52. The molecule has 1 fully saturated rings. The number of esters is 1. The first-order chi connectivity index (χ1) is 5.49. The first kappa shape index (κ1) is 9.48. The molecule has 0 radical (unpaired) electrons. The standard InChI is InChI=1S/C8H14O4/c1-6(9)11-7-4-5-10-8(2,3)12-7/h7H,4-5H2,1-3H3. The second-order valence-electron chi connectivity index (χ2n) is 3.19. The number of carbonyl (C=O) groups is 1. The quantitative estimate of drug-likeness (QED) is 0.557. The lowest BCUT2D eigenvalue weighted by molar-refractivity contribution is -0.321. The lowest BCUT2D eigenvalue weighted by atomic mass is 10.3. The molecule has 1 aliphatic rings. The van der Waals surface area contributed by atoms with Crippen LogP contribution in [0.3, 0.4) is 0 Å². The largest absolute Gasteiger partial charge is 0.436 e. The van der Waals surface area contributed by atoms with E-state index < -0.39 is 12.1 Å². The van der Waals surface area contributed by atoms with Gasteiger partial charge in [0.1, 0.15) is 0 Å². The van der Waals surface area contributed by atoms with Crippen molar-refractivity contribution in [2.75, 3.05) is 6.61 Å². The van der Waals surface area contributed by atoms with Crippen molar-refractivity contribution in [2.45, 2.75) is 39.3 Å². The van der Waals surface area contributed by atoms with Crippen LogP contribution in [0, 0.1) is 0 Å². The maximum absolute atomic E-state index is 10.6. The molecule has 1 saturated heterocycles. The van der Waals surface area contributed by atoms with Crippen LogP contribution in [0.5, 0.6) is 0 Å². The first-order valence-electron chi connectivity index (χ1n) is 3.98. The van der Waals surface area contributed by atoms with E-state index in [9.17, 15) is 4.79 Å². The molecule has 1 aliphatic heterocycles. The van der Waals surface area contributed by atoms with Gasteiger partial charge in [-0.05, 0) is 13.8 Å². The van der Waals surface area contributed by atoms with Gasteiger partial charge in [0.2, 0.25) is 6.29 Å². The van der Waals surface area contributed by atoms with Gasteiger partial charge < -0.3 is 14.2 Å². The zero-order chi connectivity index (χ0) is 9.19. The summed E-state index contributed by atoms with van der Waals surface area (Å²) in [5.41, 5.74) is 0. The molecule has 0 aromatic heterocycles. The molecule has 1 rings (SSSR count). The summed E-state index contributed by atoms with van der Waals surface area (Å²) in [5, 5.41) is 0. The van der Waals surface area contributed by atoms with Crippen LogP contribution in [0.4, 0.5) is 0 Å². The van der Waals surface area contributed by atoms with Gasteiger partial charge in [0.05, 0.1) is 6.61 Å². The van der Waals surface area contributed by atoms with E-state index >= 15 is 0 Å². The molecule has 0 amide bonds. The van der Waals surface area contributed by atoms with Gasteiger partial charge in [0.25, 0.3) is 0 Å². The van der Waals surface area contributed by atoms with Crippen molar-refractivity contribution in [3.8, 4) is 0 Å². The normalized spacial score (nSPS) is 28.1. The van der Waals surface area contributed by atoms with Crippen LogP contribution in [-0.4, -0.2) is 24.7 Å². The molecule has 0 aromatic rings. The van der Waals surface area contributed by atoms with Crippen molar-refractivity contribution < 1.29 is 19.0 Å². The van der Waals surface area contributed by atoms with Crippen molar-refractivity contribution in [3.63, 3.8) is 0 Å². The zero-order valence-corrected chi connectivity index (χ0v) is 7.62. The van der Waals surface area contributed by atoms with Gasteiger partial charge in [0, 0.05) is 13.3 Å². The number of hydrogen-bond donors (Lipinski definition) is 0. The lowest BCUT2D eigenvalue weighted by Gasteiger charge is -2.34. The summed E-state index contributed by atoms with van der Waals surface area (Å²) in [6, 6.07) is 0. The van der Waals surface area contributed by atoms with Gasteiger partial charge in [-0.25, -0.2) is 0 Å². The molecule has 0 aromatic carbocycles. The van der Waals surface area contributed by atoms with Crippen LogP contribution in [0.1, 0.15) is 27.2 Å². The van der Waals surface area contributed by atoms with Crippen LogP contribution in [-0.2, 0) is 19.0 Å². The topological polar surface area (TPSA) is 44.8 Å². The Morgan fingerprint density at radius 2 is 2.25 bits per heavy atom. The highest BCUT2D eigenvalue weighted by molar-refractivity contribution is 5.66. The highest BCUT2D eigenvalue weighted by Gasteiger charge is 2.30. The van der Waals surface area contributed by atoms with E-state index in [1.54, 1.807) is 13.8 Å². The maximum Gasteiger partial charge on any atom is 0.304 e. The van der Waals surface area contributed by atoms with Gasteiger partial charge in [-0.15, -0.1) is 0 Å². The molecule has 1 atom stereocenters. The minimum absolute atomic E-state index is 0.322. The number of rotatable bonds is 1. The fraction of sp³-hybridized carbons (Fsp3) is 0.875. The number of hydrogen-bond acceptors (Lipinski definition) is 4. The molecule has 1 unspecified atom stereocenters. The number of ether oxygens (including phenoxy) is 3. The van der Waals surface area contributed by atoms with Crippen LogP contribution in [0.15, 0.2) is 0 Å². The Morgan fingerprint density at radius 1 is 1.58 bits per heavy atom. The average Bonchev–Trinajstić information content (AvgIpc) is 1.82. The Kier molecular flexibility index (Phi) is 2.69. The second kappa shape index (κ2) is 3.41. The monoisotopic (exact) mass is 174 g/mol. The highest BCUT2D eigenvalue weighted by Crippen LogP contribution is 2.22. The molecule has 0 bridgehead atoms. The molecule has 4 nitrogen and oxygen atoms in total. The molecule has 0 spiro atoms. The average molecular weight is 174 g/mol. The van der Waals surface area contributed by atoms with Gasteiger partial charge in [-0.1, -0.05) is 0 Å². The summed E-state index contributed by atoms with van der Waals surface area (Å²) in [5.74, 6) is -0.962. The zero-order valence-electron chi connectivity index (χ0n) is 7.62. The van der Waals surface area contributed by atoms with Gasteiger partial charge in [-0.2, -0.15) is 0 Å². The van der Waals surface area contributed by atoms with Crippen molar-refractivity contribution in [3.05, 3.63) is 0 Å². The smallest absolute Gasteiger partial charge is 0.304 e.